The summed E-state index contributed by atoms with van der Waals surface area (Å²) in [7, 11) is 0. The Morgan fingerprint density at radius 3 is 2.57 bits per heavy atom. The first-order valence-corrected chi connectivity index (χ1v) is 7.47. The summed E-state index contributed by atoms with van der Waals surface area (Å²) in [6.45, 7) is 7.09. The van der Waals surface area contributed by atoms with Crippen molar-refractivity contribution >= 4 is 16.9 Å². The minimum atomic E-state index is -0.881. The van der Waals surface area contributed by atoms with Gasteiger partial charge in [0.2, 0.25) is 0 Å². The topological polar surface area (TPSA) is 62.5 Å². The van der Waals surface area contributed by atoms with Crippen LogP contribution in [0.4, 0.5) is 0 Å². The van der Waals surface area contributed by atoms with Gasteiger partial charge in [0.05, 0.1) is 5.56 Å². The number of rotatable bonds is 6. The SMILES string of the molecule is CCCn1c(C)c(CCCO)c2cc(C)c(C(=O)O)cc21. The average Bonchev–Trinajstić information content (AvgIpc) is 2.68. The number of aromatic nitrogens is 1. The van der Waals surface area contributed by atoms with Gasteiger partial charge in [0.15, 0.2) is 0 Å². The molecule has 2 N–H and O–H groups in total. The number of aryl methyl sites for hydroxylation is 3. The molecule has 4 nitrogen and oxygen atoms in total. The number of carbonyl (C=O) groups is 1. The number of aliphatic hydroxyl groups excluding tert-OH is 1. The van der Waals surface area contributed by atoms with Crippen molar-refractivity contribution < 1.29 is 15.0 Å². The van der Waals surface area contributed by atoms with Crippen molar-refractivity contribution in [3.8, 4) is 0 Å². The Morgan fingerprint density at radius 1 is 1.29 bits per heavy atom. The third kappa shape index (κ3) is 2.81. The molecule has 0 aliphatic carbocycles. The maximum Gasteiger partial charge on any atom is 0.336 e. The highest BCUT2D eigenvalue weighted by Gasteiger charge is 2.17. The summed E-state index contributed by atoms with van der Waals surface area (Å²) in [6.07, 6.45) is 2.55. The number of carboxylic acid groups (broad SMARTS) is 1. The fourth-order valence-electron chi connectivity index (χ4n) is 3.01. The van der Waals surface area contributed by atoms with Crippen LogP contribution in [0.5, 0.6) is 0 Å². The standard InChI is InChI=1S/C17H23NO3/c1-4-7-18-12(3)13(6-5-8-19)15-9-11(2)14(17(20)21)10-16(15)18/h9-10,19H,4-8H2,1-3H3,(H,20,21). The predicted molar refractivity (Wildman–Crippen MR) is 84.1 cm³/mol. The van der Waals surface area contributed by atoms with Crippen molar-refractivity contribution in [3.63, 3.8) is 0 Å². The van der Waals surface area contributed by atoms with E-state index in [0.717, 1.165) is 42.3 Å². The van der Waals surface area contributed by atoms with Gasteiger partial charge in [-0.3, -0.25) is 0 Å². The molecule has 0 fully saturated rings. The zero-order valence-corrected chi connectivity index (χ0v) is 12.9. The lowest BCUT2D eigenvalue weighted by Crippen LogP contribution is -2.02. The lowest BCUT2D eigenvalue weighted by molar-refractivity contribution is 0.0696. The molecule has 1 aromatic carbocycles. The minimum Gasteiger partial charge on any atom is -0.478 e. The van der Waals surface area contributed by atoms with Crippen LogP contribution in [0, 0.1) is 13.8 Å². The smallest absolute Gasteiger partial charge is 0.336 e. The van der Waals surface area contributed by atoms with Crippen LogP contribution in [-0.2, 0) is 13.0 Å². The highest BCUT2D eigenvalue weighted by atomic mass is 16.4. The lowest BCUT2D eigenvalue weighted by atomic mass is 10.0. The van der Waals surface area contributed by atoms with E-state index in [-0.39, 0.29) is 6.61 Å². The molecule has 0 aliphatic heterocycles. The fraction of sp³-hybridized carbons (Fsp3) is 0.471. The molecule has 0 radical (unpaired) electrons. The Kier molecular flexibility index (Phi) is 4.68. The zero-order chi connectivity index (χ0) is 15.6. The van der Waals surface area contributed by atoms with E-state index in [1.165, 1.54) is 11.3 Å². The maximum atomic E-state index is 11.4. The molecule has 0 spiro atoms. The van der Waals surface area contributed by atoms with E-state index in [9.17, 15) is 9.90 Å². The number of aliphatic hydroxyl groups is 1. The second-order valence-corrected chi connectivity index (χ2v) is 5.53. The molecule has 0 amide bonds. The average molecular weight is 289 g/mol. The van der Waals surface area contributed by atoms with Gasteiger partial charge in [-0.25, -0.2) is 4.79 Å². The van der Waals surface area contributed by atoms with Crippen LogP contribution in [0.1, 0.15) is 46.9 Å². The largest absolute Gasteiger partial charge is 0.478 e. The van der Waals surface area contributed by atoms with Crippen molar-refractivity contribution in [2.24, 2.45) is 0 Å². The van der Waals surface area contributed by atoms with Crippen molar-refractivity contribution in [2.75, 3.05) is 6.61 Å². The van der Waals surface area contributed by atoms with Crippen molar-refractivity contribution in [3.05, 3.63) is 34.5 Å². The van der Waals surface area contributed by atoms with E-state index in [2.05, 4.69) is 18.4 Å². The molecule has 0 atom stereocenters. The molecule has 0 bridgehead atoms. The van der Waals surface area contributed by atoms with E-state index in [0.29, 0.717) is 5.56 Å². The Balaban J connectivity index is 2.71. The number of aromatic carboxylic acids is 1. The molecule has 2 aromatic rings. The molecule has 1 aromatic heterocycles. The summed E-state index contributed by atoms with van der Waals surface area (Å²) < 4.78 is 2.20. The number of carboxylic acids is 1. The van der Waals surface area contributed by atoms with Crippen LogP contribution < -0.4 is 0 Å². The Bertz CT molecular complexity index is 670. The molecule has 21 heavy (non-hydrogen) atoms. The summed E-state index contributed by atoms with van der Waals surface area (Å²) in [6, 6.07) is 3.77. The van der Waals surface area contributed by atoms with Gasteiger partial charge < -0.3 is 14.8 Å². The van der Waals surface area contributed by atoms with Crippen LogP contribution in [-0.4, -0.2) is 27.4 Å². The highest BCUT2D eigenvalue weighted by Crippen LogP contribution is 2.30. The van der Waals surface area contributed by atoms with E-state index in [1.54, 1.807) is 6.07 Å². The predicted octanol–water partition coefficient (Wildman–Crippen LogP) is 3.29. The van der Waals surface area contributed by atoms with Crippen molar-refractivity contribution in [1.82, 2.24) is 4.57 Å². The van der Waals surface area contributed by atoms with Crippen LogP contribution in [0.15, 0.2) is 12.1 Å². The molecule has 0 unspecified atom stereocenters. The van der Waals surface area contributed by atoms with E-state index >= 15 is 0 Å². The van der Waals surface area contributed by atoms with Crippen LogP contribution in [0.2, 0.25) is 0 Å². The van der Waals surface area contributed by atoms with Crippen molar-refractivity contribution in [1.29, 1.82) is 0 Å². The summed E-state index contributed by atoms with van der Waals surface area (Å²) in [5.74, 6) is -0.881. The number of hydrogen-bond donors (Lipinski definition) is 2. The quantitative estimate of drug-likeness (QED) is 0.857. The van der Waals surface area contributed by atoms with Gasteiger partial charge in [0.1, 0.15) is 0 Å². The fourth-order valence-corrected chi connectivity index (χ4v) is 3.01. The zero-order valence-electron chi connectivity index (χ0n) is 12.9. The van der Waals surface area contributed by atoms with Gasteiger partial charge in [-0.15, -0.1) is 0 Å². The monoisotopic (exact) mass is 289 g/mol. The molecular formula is C17H23NO3. The second kappa shape index (κ2) is 6.31. The molecular weight excluding hydrogens is 266 g/mol. The highest BCUT2D eigenvalue weighted by molar-refractivity contribution is 5.96. The van der Waals surface area contributed by atoms with E-state index in [4.69, 9.17) is 5.11 Å². The van der Waals surface area contributed by atoms with Crippen LogP contribution in [0.25, 0.3) is 10.9 Å². The number of fused-ring (bicyclic) bond motifs is 1. The molecule has 0 saturated carbocycles. The van der Waals surface area contributed by atoms with E-state index in [1.807, 2.05) is 13.0 Å². The van der Waals surface area contributed by atoms with E-state index < -0.39 is 5.97 Å². The summed E-state index contributed by atoms with van der Waals surface area (Å²) >= 11 is 0. The first-order chi connectivity index (χ1) is 10.0. The first kappa shape index (κ1) is 15.6. The molecule has 2 rings (SSSR count). The molecule has 0 aliphatic rings. The third-order valence-electron chi connectivity index (χ3n) is 4.06. The second-order valence-electron chi connectivity index (χ2n) is 5.53. The van der Waals surface area contributed by atoms with Crippen LogP contribution >= 0.6 is 0 Å². The number of nitrogens with zero attached hydrogens (tertiary/aromatic N) is 1. The summed E-state index contributed by atoms with van der Waals surface area (Å²) in [4.78, 5) is 11.4. The summed E-state index contributed by atoms with van der Waals surface area (Å²) in [5, 5.41) is 19.5. The first-order valence-electron chi connectivity index (χ1n) is 7.47. The molecule has 1 heterocycles. The Hall–Kier alpha value is -1.81. The van der Waals surface area contributed by atoms with Gasteiger partial charge in [-0.2, -0.15) is 0 Å². The lowest BCUT2D eigenvalue weighted by Gasteiger charge is -2.08. The molecule has 0 saturated heterocycles. The van der Waals surface area contributed by atoms with Crippen LogP contribution in [0.3, 0.4) is 0 Å². The third-order valence-corrected chi connectivity index (χ3v) is 4.06. The Labute approximate surface area is 125 Å². The van der Waals surface area contributed by atoms with Gasteiger partial charge in [0.25, 0.3) is 0 Å². The van der Waals surface area contributed by atoms with Gasteiger partial charge in [-0.05, 0) is 56.4 Å². The number of hydrogen-bond acceptors (Lipinski definition) is 2. The summed E-state index contributed by atoms with van der Waals surface area (Å²) in [5.41, 5.74) is 4.56. The molecule has 4 heteroatoms. The normalized spacial score (nSPS) is 11.2. The van der Waals surface area contributed by atoms with Gasteiger partial charge >= 0.3 is 5.97 Å². The minimum absolute atomic E-state index is 0.173. The maximum absolute atomic E-state index is 11.4. The molecule has 114 valence electrons. The van der Waals surface area contributed by atoms with Gasteiger partial charge in [-0.1, -0.05) is 6.92 Å². The number of benzene rings is 1. The van der Waals surface area contributed by atoms with Crippen molar-refractivity contribution in [2.45, 2.75) is 46.6 Å². The Morgan fingerprint density at radius 2 is 2.00 bits per heavy atom. The van der Waals surface area contributed by atoms with Gasteiger partial charge in [0, 0.05) is 29.7 Å².